The van der Waals surface area contributed by atoms with Crippen LogP contribution in [0.2, 0.25) is 0 Å². The highest BCUT2D eigenvalue weighted by atomic mass is 19.1. The Morgan fingerprint density at radius 1 is 1.47 bits per heavy atom. The van der Waals surface area contributed by atoms with Crippen molar-refractivity contribution in [1.29, 1.82) is 0 Å². The highest BCUT2D eigenvalue weighted by Gasteiger charge is 2.15. The van der Waals surface area contributed by atoms with Crippen LogP contribution in [0.4, 0.5) is 14.5 Å². The van der Waals surface area contributed by atoms with Gasteiger partial charge in [-0.05, 0) is 18.2 Å². The van der Waals surface area contributed by atoms with Crippen LogP contribution in [-0.4, -0.2) is 20.9 Å². The van der Waals surface area contributed by atoms with Gasteiger partial charge in [-0.3, -0.25) is 4.68 Å². The van der Waals surface area contributed by atoms with Gasteiger partial charge in [0.1, 0.15) is 11.6 Å². The number of hydrogen-bond donors (Lipinski definition) is 2. The minimum Gasteiger partial charge on any atom is -0.476 e. The molecule has 2 N–H and O–H groups in total. The number of aromatic carboxylic acids is 1. The van der Waals surface area contributed by atoms with Gasteiger partial charge in [-0.2, -0.15) is 5.10 Å². The summed E-state index contributed by atoms with van der Waals surface area (Å²) in [7, 11) is 1.57. The lowest BCUT2D eigenvalue weighted by molar-refractivity contribution is 0.0690. The Kier molecular flexibility index (Phi) is 3.46. The molecule has 19 heavy (non-hydrogen) atoms. The van der Waals surface area contributed by atoms with E-state index in [1.165, 1.54) is 10.9 Å². The lowest BCUT2D eigenvalue weighted by Crippen LogP contribution is -2.06. The number of carboxylic acid groups (broad SMARTS) is 1. The van der Waals surface area contributed by atoms with Gasteiger partial charge in [0.15, 0.2) is 5.69 Å². The Morgan fingerprint density at radius 2 is 2.21 bits per heavy atom. The Morgan fingerprint density at radius 3 is 2.89 bits per heavy atom. The van der Waals surface area contributed by atoms with Gasteiger partial charge < -0.3 is 10.4 Å². The normalized spacial score (nSPS) is 10.5. The summed E-state index contributed by atoms with van der Waals surface area (Å²) in [5, 5.41) is 15.4. The molecule has 0 aliphatic carbocycles. The van der Waals surface area contributed by atoms with E-state index < -0.39 is 17.6 Å². The summed E-state index contributed by atoms with van der Waals surface area (Å²) in [6.07, 6.45) is 1.46. The highest BCUT2D eigenvalue weighted by Crippen LogP contribution is 2.16. The molecule has 7 heteroatoms. The molecule has 2 rings (SSSR count). The van der Waals surface area contributed by atoms with Crippen LogP contribution in [0.25, 0.3) is 0 Å². The van der Waals surface area contributed by atoms with Gasteiger partial charge in [0, 0.05) is 25.4 Å². The lowest BCUT2D eigenvalue weighted by atomic mass is 10.2. The summed E-state index contributed by atoms with van der Waals surface area (Å²) >= 11 is 0. The standard InChI is InChI=1S/C12H11F2N3O2/c1-17-6-10(11(16-17)12(18)19)15-5-7-4-8(13)2-3-9(7)14/h2-4,6,15H,5H2,1H3,(H,18,19). The van der Waals surface area contributed by atoms with E-state index >= 15 is 0 Å². The van der Waals surface area contributed by atoms with Gasteiger partial charge in [-0.25, -0.2) is 13.6 Å². The van der Waals surface area contributed by atoms with Crippen LogP contribution in [-0.2, 0) is 13.6 Å². The zero-order valence-electron chi connectivity index (χ0n) is 10.0. The molecule has 0 aliphatic heterocycles. The molecule has 1 aromatic heterocycles. The maximum absolute atomic E-state index is 13.4. The third kappa shape index (κ3) is 2.87. The van der Waals surface area contributed by atoms with Crippen LogP contribution >= 0.6 is 0 Å². The highest BCUT2D eigenvalue weighted by molar-refractivity contribution is 5.91. The third-order valence-corrected chi connectivity index (χ3v) is 2.51. The lowest BCUT2D eigenvalue weighted by Gasteiger charge is -2.06. The van der Waals surface area contributed by atoms with Crippen molar-refractivity contribution in [3.8, 4) is 0 Å². The summed E-state index contributed by atoms with van der Waals surface area (Å²) in [6.45, 7) is -0.0322. The molecule has 0 bridgehead atoms. The molecule has 0 aliphatic rings. The van der Waals surface area contributed by atoms with E-state index in [0.29, 0.717) is 0 Å². The fourth-order valence-electron chi connectivity index (χ4n) is 1.65. The van der Waals surface area contributed by atoms with Gasteiger partial charge in [0.2, 0.25) is 0 Å². The van der Waals surface area contributed by atoms with Crippen molar-refractivity contribution in [1.82, 2.24) is 9.78 Å². The zero-order valence-corrected chi connectivity index (χ0v) is 10.0. The summed E-state index contributed by atoms with van der Waals surface area (Å²) in [5.41, 5.74) is 0.193. The van der Waals surface area contributed by atoms with Crippen molar-refractivity contribution in [2.75, 3.05) is 5.32 Å². The van der Waals surface area contributed by atoms with E-state index in [2.05, 4.69) is 10.4 Å². The predicted molar refractivity (Wildman–Crippen MR) is 63.9 cm³/mol. The average molecular weight is 267 g/mol. The maximum atomic E-state index is 13.4. The van der Waals surface area contributed by atoms with Crippen molar-refractivity contribution in [3.05, 3.63) is 47.3 Å². The van der Waals surface area contributed by atoms with E-state index in [1.807, 2.05) is 0 Å². The first-order chi connectivity index (χ1) is 8.97. The first kappa shape index (κ1) is 13.0. The van der Waals surface area contributed by atoms with Crippen molar-refractivity contribution in [2.45, 2.75) is 6.54 Å². The molecule has 0 radical (unpaired) electrons. The number of hydrogen-bond acceptors (Lipinski definition) is 3. The van der Waals surface area contributed by atoms with Crippen LogP contribution in [0, 0.1) is 11.6 Å². The van der Waals surface area contributed by atoms with Gasteiger partial charge in [-0.15, -0.1) is 0 Å². The Bertz CT molecular complexity index is 625. The van der Waals surface area contributed by atoms with Crippen LogP contribution in [0.5, 0.6) is 0 Å². The number of anilines is 1. The Hall–Kier alpha value is -2.44. The molecular formula is C12H11F2N3O2. The first-order valence-corrected chi connectivity index (χ1v) is 5.42. The molecule has 0 amide bonds. The monoisotopic (exact) mass is 267 g/mol. The number of rotatable bonds is 4. The number of aryl methyl sites for hydroxylation is 1. The SMILES string of the molecule is Cn1cc(NCc2cc(F)ccc2F)c(C(=O)O)n1. The van der Waals surface area contributed by atoms with Gasteiger partial charge in [0.05, 0.1) is 5.69 Å². The molecule has 1 aromatic carbocycles. The molecular weight excluding hydrogens is 256 g/mol. The van der Waals surface area contributed by atoms with E-state index in [-0.39, 0.29) is 23.5 Å². The van der Waals surface area contributed by atoms with Crippen LogP contribution in [0.1, 0.15) is 16.1 Å². The molecule has 0 saturated carbocycles. The smallest absolute Gasteiger partial charge is 0.358 e. The first-order valence-electron chi connectivity index (χ1n) is 5.42. The average Bonchev–Trinajstić information content (AvgIpc) is 2.72. The molecule has 0 spiro atoms. The second kappa shape index (κ2) is 5.05. The second-order valence-electron chi connectivity index (χ2n) is 3.96. The van der Waals surface area contributed by atoms with Crippen molar-refractivity contribution >= 4 is 11.7 Å². The summed E-state index contributed by atoms with van der Waals surface area (Å²) < 4.78 is 27.7. The van der Waals surface area contributed by atoms with Gasteiger partial charge in [-0.1, -0.05) is 0 Å². The maximum Gasteiger partial charge on any atom is 0.358 e. The predicted octanol–water partition coefficient (Wildman–Crippen LogP) is 2.01. The number of halogens is 2. The Balaban J connectivity index is 2.19. The number of nitrogens with zero attached hydrogens (tertiary/aromatic N) is 2. The van der Waals surface area contributed by atoms with Crippen molar-refractivity contribution in [3.63, 3.8) is 0 Å². The summed E-state index contributed by atoms with van der Waals surface area (Å²) in [4.78, 5) is 10.9. The van der Waals surface area contributed by atoms with E-state index in [9.17, 15) is 13.6 Å². The van der Waals surface area contributed by atoms with E-state index in [1.54, 1.807) is 7.05 Å². The molecule has 5 nitrogen and oxygen atoms in total. The zero-order chi connectivity index (χ0) is 14.0. The fourth-order valence-corrected chi connectivity index (χ4v) is 1.65. The number of nitrogens with one attached hydrogen (secondary N) is 1. The minimum atomic E-state index is -1.19. The number of aromatic nitrogens is 2. The number of carboxylic acids is 1. The van der Waals surface area contributed by atoms with Gasteiger partial charge in [0.25, 0.3) is 0 Å². The van der Waals surface area contributed by atoms with Gasteiger partial charge >= 0.3 is 5.97 Å². The van der Waals surface area contributed by atoms with E-state index in [4.69, 9.17) is 5.11 Å². The molecule has 0 saturated heterocycles. The second-order valence-corrected chi connectivity index (χ2v) is 3.96. The van der Waals surface area contributed by atoms with Crippen molar-refractivity contribution < 1.29 is 18.7 Å². The minimum absolute atomic E-state index is 0.0322. The quantitative estimate of drug-likeness (QED) is 0.889. The number of benzene rings is 1. The fraction of sp³-hybridized carbons (Fsp3) is 0.167. The van der Waals surface area contributed by atoms with Crippen molar-refractivity contribution in [2.24, 2.45) is 7.05 Å². The molecule has 0 unspecified atom stereocenters. The molecule has 0 atom stereocenters. The largest absolute Gasteiger partial charge is 0.476 e. The molecule has 0 fully saturated rings. The van der Waals surface area contributed by atoms with Crippen LogP contribution in [0.15, 0.2) is 24.4 Å². The van der Waals surface area contributed by atoms with Crippen LogP contribution in [0.3, 0.4) is 0 Å². The summed E-state index contributed by atoms with van der Waals surface area (Å²) in [5.74, 6) is -2.31. The third-order valence-electron chi connectivity index (χ3n) is 2.51. The molecule has 2 aromatic rings. The van der Waals surface area contributed by atoms with Crippen LogP contribution < -0.4 is 5.32 Å². The molecule has 100 valence electrons. The number of carbonyl (C=O) groups is 1. The topological polar surface area (TPSA) is 67.2 Å². The van der Waals surface area contributed by atoms with E-state index in [0.717, 1.165) is 18.2 Å². The Labute approximate surface area is 107 Å². The molecule has 1 heterocycles. The summed E-state index contributed by atoms with van der Waals surface area (Å²) in [6, 6.07) is 3.10.